The average molecular weight is 253 g/mol. The summed E-state index contributed by atoms with van der Waals surface area (Å²) < 4.78 is 5.32. The molecule has 0 radical (unpaired) electrons. The Morgan fingerprint density at radius 1 is 1.21 bits per heavy atom. The second-order valence-corrected chi connectivity index (χ2v) is 4.61. The first-order chi connectivity index (χ1) is 9.22. The molecule has 4 nitrogen and oxygen atoms in total. The largest absolute Gasteiger partial charge is 0.443 e. The molecule has 1 heterocycles. The van der Waals surface area contributed by atoms with Crippen molar-refractivity contribution in [3.63, 3.8) is 0 Å². The fourth-order valence-electron chi connectivity index (χ4n) is 2.13. The first kappa shape index (κ1) is 11.6. The van der Waals surface area contributed by atoms with Gasteiger partial charge in [-0.1, -0.05) is 12.1 Å². The van der Waals surface area contributed by atoms with Crippen molar-refractivity contribution in [2.75, 3.05) is 17.7 Å². The number of nitrogen functional groups attached to an aromatic ring is 1. The lowest BCUT2D eigenvalue weighted by molar-refractivity contribution is 0.601. The molecule has 0 atom stereocenters. The molecule has 3 aromatic rings. The second kappa shape index (κ2) is 4.65. The highest BCUT2D eigenvalue weighted by molar-refractivity contribution is 5.72. The van der Waals surface area contributed by atoms with Gasteiger partial charge in [-0.3, -0.25) is 0 Å². The Kier molecular flexibility index (Phi) is 2.83. The van der Waals surface area contributed by atoms with Gasteiger partial charge in [-0.15, -0.1) is 0 Å². The molecule has 0 unspecified atom stereocenters. The minimum absolute atomic E-state index is 0.773. The summed E-state index contributed by atoms with van der Waals surface area (Å²) in [5.41, 5.74) is 10.5. The number of anilines is 2. The quantitative estimate of drug-likeness (QED) is 0.729. The normalized spacial score (nSPS) is 10.8. The van der Waals surface area contributed by atoms with Crippen molar-refractivity contribution in [2.45, 2.75) is 6.54 Å². The Hall–Kier alpha value is -2.49. The predicted octanol–water partition coefficient (Wildman–Crippen LogP) is 3.05. The van der Waals surface area contributed by atoms with Crippen LogP contribution in [0.25, 0.3) is 11.1 Å². The summed E-state index contributed by atoms with van der Waals surface area (Å²) >= 11 is 0. The highest BCUT2D eigenvalue weighted by atomic mass is 16.3. The molecule has 0 fully saturated rings. The Morgan fingerprint density at radius 3 is 2.95 bits per heavy atom. The van der Waals surface area contributed by atoms with E-state index >= 15 is 0 Å². The summed E-state index contributed by atoms with van der Waals surface area (Å²) in [4.78, 5) is 6.26. The van der Waals surface area contributed by atoms with E-state index in [4.69, 9.17) is 10.2 Å². The molecular weight excluding hydrogens is 238 g/mol. The molecule has 3 rings (SSSR count). The predicted molar refractivity (Wildman–Crippen MR) is 77.0 cm³/mol. The molecule has 96 valence electrons. The number of oxazole rings is 1. The number of fused-ring (bicyclic) bond motifs is 1. The fraction of sp³-hybridized carbons (Fsp3) is 0.133. The van der Waals surface area contributed by atoms with Crippen LogP contribution in [0.4, 0.5) is 11.4 Å². The number of benzene rings is 2. The van der Waals surface area contributed by atoms with Gasteiger partial charge in [0.1, 0.15) is 5.52 Å². The molecular formula is C15H15N3O. The summed E-state index contributed by atoms with van der Waals surface area (Å²) in [5, 5.41) is 0. The highest BCUT2D eigenvalue weighted by Crippen LogP contribution is 2.20. The average Bonchev–Trinajstić information content (AvgIpc) is 2.86. The van der Waals surface area contributed by atoms with Gasteiger partial charge in [0.25, 0.3) is 0 Å². The van der Waals surface area contributed by atoms with Crippen molar-refractivity contribution in [3.05, 3.63) is 54.4 Å². The Labute approximate surface area is 111 Å². The highest BCUT2D eigenvalue weighted by Gasteiger charge is 2.05. The van der Waals surface area contributed by atoms with Gasteiger partial charge in [0.2, 0.25) is 0 Å². The summed E-state index contributed by atoms with van der Waals surface area (Å²) in [5.74, 6) is 0. The van der Waals surface area contributed by atoms with Gasteiger partial charge < -0.3 is 15.1 Å². The van der Waals surface area contributed by atoms with Crippen molar-refractivity contribution in [1.29, 1.82) is 0 Å². The molecule has 0 spiro atoms. The monoisotopic (exact) mass is 253 g/mol. The van der Waals surface area contributed by atoms with E-state index in [1.807, 2.05) is 43.4 Å². The third-order valence-electron chi connectivity index (χ3n) is 3.13. The van der Waals surface area contributed by atoms with Gasteiger partial charge in [-0.05, 0) is 35.9 Å². The standard InChI is InChI=1S/C15H15N3O/c1-18(13-4-2-3-12(16)8-13)9-11-5-6-14-15(7-11)19-10-17-14/h2-8,10H,9,16H2,1H3. The fourth-order valence-corrected chi connectivity index (χ4v) is 2.13. The first-order valence-electron chi connectivity index (χ1n) is 6.11. The van der Waals surface area contributed by atoms with Crippen LogP contribution < -0.4 is 10.6 Å². The molecule has 2 N–H and O–H groups in total. The molecule has 4 heteroatoms. The smallest absolute Gasteiger partial charge is 0.181 e. The molecule has 0 aliphatic heterocycles. The van der Waals surface area contributed by atoms with Gasteiger partial charge >= 0.3 is 0 Å². The van der Waals surface area contributed by atoms with E-state index in [0.717, 1.165) is 29.0 Å². The maximum absolute atomic E-state index is 5.80. The van der Waals surface area contributed by atoms with Crippen LogP contribution in [0.15, 0.2) is 53.3 Å². The van der Waals surface area contributed by atoms with Crippen LogP contribution in [0.1, 0.15) is 5.56 Å². The Bertz CT molecular complexity index is 705. The van der Waals surface area contributed by atoms with Crippen LogP contribution >= 0.6 is 0 Å². The van der Waals surface area contributed by atoms with E-state index in [1.54, 1.807) is 0 Å². The molecule has 0 aliphatic carbocycles. The maximum Gasteiger partial charge on any atom is 0.181 e. The molecule has 0 saturated carbocycles. The van der Waals surface area contributed by atoms with Crippen LogP contribution in [0.2, 0.25) is 0 Å². The zero-order chi connectivity index (χ0) is 13.2. The molecule has 1 aromatic heterocycles. The number of nitrogens with two attached hydrogens (primary N) is 1. The van der Waals surface area contributed by atoms with Crippen molar-refractivity contribution in [1.82, 2.24) is 4.98 Å². The number of rotatable bonds is 3. The van der Waals surface area contributed by atoms with Crippen molar-refractivity contribution in [2.24, 2.45) is 0 Å². The number of hydrogen-bond donors (Lipinski definition) is 1. The molecule has 0 aliphatic rings. The SMILES string of the molecule is CN(Cc1ccc2ncoc2c1)c1cccc(N)c1. The summed E-state index contributed by atoms with van der Waals surface area (Å²) in [6.45, 7) is 0.792. The third kappa shape index (κ3) is 2.38. The lowest BCUT2D eigenvalue weighted by Gasteiger charge is -2.19. The zero-order valence-corrected chi connectivity index (χ0v) is 10.7. The summed E-state index contributed by atoms with van der Waals surface area (Å²) in [6.07, 6.45) is 1.47. The van der Waals surface area contributed by atoms with Crippen molar-refractivity contribution >= 4 is 22.5 Å². The minimum Gasteiger partial charge on any atom is -0.443 e. The minimum atomic E-state index is 0.773. The summed E-state index contributed by atoms with van der Waals surface area (Å²) in [6, 6.07) is 13.9. The zero-order valence-electron chi connectivity index (χ0n) is 10.7. The van der Waals surface area contributed by atoms with Crippen LogP contribution in [-0.4, -0.2) is 12.0 Å². The van der Waals surface area contributed by atoms with E-state index in [-0.39, 0.29) is 0 Å². The summed E-state index contributed by atoms with van der Waals surface area (Å²) in [7, 11) is 2.04. The van der Waals surface area contributed by atoms with E-state index in [0.29, 0.717) is 0 Å². The molecule has 0 saturated heterocycles. The van der Waals surface area contributed by atoms with Crippen LogP contribution in [0.3, 0.4) is 0 Å². The molecule has 0 bridgehead atoms. The molecule has 2 aromatic carbocycles. The van der Waals surface area contributed by atoms with E-state index in [1.165, 1.54) is 12.0 Å². The topological polar surface area (TPSA) is 55.3 Å². The van der Waals surface area contributed by atoms with Crippen LogP contribution in [-0.2, 0) is 6.54 Å². The van der Waals surface area contributed by atoms with E-state index in [9.17, 15) is 0 Å². The van der Waals surface area contributed by atoms with Crippen LogP contribution in [0, 0.1) is 0 Å². The van der Waals surface area contributed by atoms with Gasteiger partial charge in [-0.2, -0.15) is 0 Å². The number of hydrogen-bond acceptors (Lipinski definition) is 4. The molecule has 19 heavy (non-hydrogen) atoms. The number of aromatic nitrogens is 1. The van der Waals surface area contributed by atoms with E-state index in [2.05, 4.69) is 16.0 Å². The van der Waals surface area contributed by atoms with Crippen molar-refractivity contribution < 1.29 is 4.42 Å². The van der Waals surface area contributed by atoms with Gasteiger partial charge in [-0.25, -0.2) is 4.98 Å². The van der Waals surface area contributed by atoms with Gasteiger partial charge in [0.15, 0.2) is 12.0 Å². The van der Waals surface area contributed by atoms with Gasteiger partial charge in [0.05, 0.1) is 0 Å². The maximum atomic E-state index is 5.80. The third-order valence-corrected chi connectivity index (χ3v) is 3.13. The molecule has 0 amide bonds. The Balaban J connectivity index is 1.83. The lowest BCUT2D eigenvalue weighted by atomic mass is 10.2. The van der Waals surface area contributed by atoms with Gasteiger partial charge in [0, 0.05) is 25.0 Å². The first-order valence-corrected chi connectivity index (χ1v) is 6.11. The second-order valence-electron chi connectivity index (χ2n) is 4.61. The lowest BCUT2D eigenvalue weighted by Crippen LogP contribution is -2.16. The van der Waals surface area contributed by atoms with Crippen molar-refractivity contribution in [3.8, 4) is 0 Å². The Morgan fingerprint density at radius 2 is 2.11 bits per heavy atom. The number of nitrogens with zero attached hydrogens (tertiary/aromatic N) is 2. The van der Waals surface area contributed by atoms with Crippen LogP contribution in [0.5, 0.6) is 0 Å². The van der Waals surface area contributed by atoms with E-state index < -0.39 is 0 Å².